The Kier molecular flexibility index (Phi) is 2.13. The van der Waals surface area contributed by atoms with Gasteiger partial charge in [-0.15, -0.1) is 0 Å². The fourth-order valence-electron chi connectivity index (χ4n) is 2.15. The van der Waals surface area contributed by atoms with Crippen molar-refractivity contribution in [1.82, 2.24) is 0 Å². The Bertz CT molecular complexity index is 265. The summed E-state index contributed by atoms with van der Waals surface area (Å²) in [5, 5.41) is 0. The van der Waals surface area contributed by atoms with E-state index in [4.69, 9.17) is 5.73 Å². The van der Waals surface area contributed by atoms with Gasteiger partial charge in [-0.2, -0.15) is 0 Å². The van der Waals surface area contributed by atoms with Gasteiger partial charge in [0, 0.05) is 0 Å². The second-order valence-electron chi connectivity index (χ2n) is 3.51. The molecule has 1 aromatic carbocycles. The highest BCUT2D eigenvalue weighted by molar-refractivity contribution is 5.34. The summed E-state index contributed by atoms with van der Waals surface area (Å²) in [7, 11) is 0. The Hall–Kier alpha value is -0.820. The van der Waals surface area contributed by atoms with E-state index in [1.165, 1.54) is 18.4 Å². The quantitative estimate of drug-likeness (QED) is 0.706. The summed E-state index contributed by atoms with van der Waals surface area (Å²) in [6.45, 7) is 0.818. The largest absolute Gasteiger partial charge is 0.330 e. The van der Waals surface area contributed by atoms with E-state index >= 15 is 0 Å². The number of nitrogens with two attached hydrogens (primary N) is 1. The SMILES string of the molecule is NCC[C@H]1CCc2ccccc21. The van der Waals surface area contributed by atoms with Gasteiger partial charge in [-0.3, -0.25) is 0 Å². The average Bonchev–Trinajstić information content (AvgIpc) is 2.50. The van der Waals surface area contributed by atoms with E-state index in [9.17, 15) is 0 Å². The van der Waals surface area contributed by atoms with Crippen LogP contribution in [0.15, 0.2) is 24.3 Å². The van der Waals surface area contributed by atoms with Crippen LogP contribution in [0, 0.1) is 0 Å². The molecule has 0 aliphatic heterocycles. The third-order valence-electron chi connectivity index (χ3n) is 2.77. The minimum absolute atomic E-state index is 0.742. The lowest BCUT2D eigenvalue weighted by Gasteiger charge is -2.08. The lowest BCUT2D eigenvalue weighted by atomic mass is 9.98. The van der Waals surface area contributed by atoms with Gasteiger partial charge in [-0.25, -0.2) is 0 Å². The zero-order valence-electron chi connectivity index (χ0n) is 7.29. The van der Waals surface area contributed by atoms with Gasteiger partial charge in [0.25, 0.3) is 0 Å². The summed E-state index contributed by atoms with van der Waals surface area (Å²) in [5.74, 6) is 0.742. The number of rotatable bonds is 2. The lowest BCUT2D eigenvalue weighted by Crippen LogP contribution is -2.04. The number of hydrogen-bond acceptors (Lipinski definition) is 1. The Morgan fingerprint density at radius 3 is 3.00 bits per heavy atom. The van der Waals surface area contributed by atoms with Crippen LogP contribution in [0.4, 0.5) is 0 Å². The van der Waals surface area contributed by atoms with Crippen LogP contribution in [-0.4, -0.2) is 6.54 Å². The molecule has 1 aromatic rings. The number of fused-ring (bicyclic) bond motifs is 1. The first-order chi connectivity index (χ1) is 5.92. The van der Waals surface area contributed by atoms with Gasteiger partial charge in [0.2, 0.25) is 0 Å². The molecule has 0 saturated heterocycles. The molecule has 1 heteroatoms. The molecular formula is C11H15N. The van der Waals surface area contributed by atoms with Gasteiger partial charge >= 0.3 is 0 Å². The molecule has 1 aliphatic carbocycles. The summed E-state index contributed by atoms with van der Waals surface area (Å²) in [6.07, 6.45) is 3.70. The fraction of sp³-hybridized carbons (Fsp3) is 0.455. The van der Waals surface area contributed by atoms with E-state index in [-0.39, 0.29) is 0 Å². The molecule has 1 aliphatic rings. The van der Waals surface area contributed by atoms with Gasteiger partial charge in [0.15, 0.2) is 0 Å². The Morgan fingerprint density at radius 2 is 2.17 bits per heavy atom. The third kappa shape index (κ3) is 1.25. The molecule has 0 fully saturated rings. The highest BCUT2D eigenvalue weighted by Gasteiger charge is 2.20. The topological polar surface area (TPSA) is 26.0 Å². The molecule has 0 bridgehead atoms. The molecule has 0 unspecified atom stereocenters. The zero-order valence-corrected chi connectivity index (χ0v) is 7.29. The van der Waals surface area contributed by atoms with E-state index < -0.39 is 0 Å². The van der Waals surface area contributed by atoms with Gasteiger partial charge in [0.1, 0.15) is 0 Å². The standard InChI is InChI=1S/C11H15N/c12-8-7-10-6-5-9-3-1-2-4-11(9)10/h1-4,10H,5-8,12H2/t10-/m1/s1. The summed E-state index contributed by atoms with van der Waals surface area (Å²) in [4.78, 5) is 0. The average molecular weight is 161 g/mol. The molecule has 2 rings (SSSR count). The van der Waals surface area contributed by atoms with Crippen molar-refractivity contribution in [3.8, 4) is 0 Å². The lowest BCUT2D eigenvalue weighted by molar-refractivity contribution is 0.627. The number of aryl methyl sites for hydroxylation is 1. The molecule has 64 valence electrons. The summed E-state index contributed by atoms with van der Waals surface area (Å²) >= 11 is 0. The molecule has 0 amide bonds. The molecule has 0 heterocycles. The molecule has 1 atom stereocenters. The first-order valence-corrected chi connectivity index (χ1v) is 4.69. The predicted molar refractivity (Wildman–Crippen MR) is 51.2 cm³/mol. The highest BCUT2D eigenvalue weighted by atomic mass is 14.5. The van der Waals surface area contributed by atoms with Gasteiger partial charge in [-0.05, 0) is 42.9 Å². The first kappa shape index (κ1) is 7.81. The van der Waals surface area contributed by atoms with E-state index in [1.54, 1.807) is 5.56 Å². The maximum atomic E-state index is 5.57. The van der Waals surface area contributed by atoms with Crippen LogP contribution in [0.3, 0.4) is 0 Å². The van der Waals surface area contributed by atoms with Crippen LogP contribution in [-0.2, 0) is 6.42 Å². The van der Waals surface area contributed by atoms with Gasteiger partial charge < -0.3 is 5.73 Å². The molecule has 2 N–H and O–H groups in total. The van der Waals surface area contributed by atoms with Crippen LogP contribution in [0.5, 0.6) is 0 Å². The Morgan fingerprint density at radius 1 is 1.33 bits per heavy atom. The van der Waals surface area contributed by atoms with Crippen LogP contribution in [0.2, 0.25) is 0 Å². The van der Waals surface area contributed by atoms with Crippen LogP contribution in [0.25, 0.3) is 0 Å². The van der Waals surface area contributed by atoms with Crippen molar-refractivity contribution >= 4 is 0 Å². The molecule has 0 spiro atoms. The van der Waals surface area contributed by atoms with Crippen molar-refractivity contribution in [3.63, 3.8) is 0 Å². The monoisotopic (exact) mass is 161 g/mol. The van der Waals surface area contributed by atoms with E-state index in [2.05, 4.69) is 24.3 Å². The second kappa shape index (κ2) is 3.28. The molecule has 1 nitrogen and oxygen atoms in total. The maximum Gasteiger partial charge on any atom is -0.00714 e. The van der Waals surface area contributed by atoms with Crippen LogP contribution < -0.4 is 5.73 Å². The van der Waals surface area contributed by atoms with E-state index in [1.807, 2.05) is 0 Å². The van der Waals surface area contributed by atoms with E-state index in [0.29, 0.717) is 0 Å². The Labute approximate surface area is 73.6 Å². The smallest absolute Gasteiger partial charge is 0.00714 e. The predicted octanol–water partition coefficient (Wildman–Crippen LogP) is 2.07. The number of hydrogen-bond donors (Lipinski definition) is 1. The molecule has 0 radical (unpaired) electrons. The van der Waals surface area contributed by atoms with Crippen molar-refractivity contribution in [3.05, 3.63) is 35.4 Å². The van der Waals surface area contributed by atoms with Crippen LogP contribution >= 0.6 is 0 Å². The van der Waals surface area contributed by atoms with Crippen molar-refractivity contribution in [2.45, 2.75) is 25.2 Å². The maximum absolute atomic E-state index is 5.57. The van der Waals surface area contributed by atoms with Crippen molar-refractivity contribution < 1.29 is 0 Å². The van der Waals surface area contributed by atoms with Crippen molar-refractivity contribution in [1.29, 1.82) is 0 Å². The van der Waals surface area contributed by atoms with E-state index in [0.717, 1.165) is 18.9 Å². The zero-order chi connectivity index (χ0) is 8.39. The minimum Gasteiger partial charge on any atom is -0.330 e. The van der Waals surface area contributed by atoms with Crippen LogP contribution in [0.1, 0.15) is 29.9 Å². The first-order valence-electron chi connectivity index (χ1n) is 4.69. The van der Waals surface area contributed by atoms with Gasteiger partial charge in [-0.1, -0.05) is 24.3 Å². The molecular weight excluding hydrogens is 146 g/mol. The highest BCUT2D eigenvalue weighted by Crippen LogP contribution is 2.34. The second-order valence-corrected chi connectivity index (χ2v) is 3.51. The van der Waals surface area contributed by atoms with Gasteiger partial charge in [0.05, 0.1) is 0 Å². The summed E-state index contributed by atoms with van der Waals surface area (Å²) in [5.41, 5.74) is 8.65. The summed E-state index contributed by atoms with van der Waals surface area (Å²) in [6, 6.07) is 8.76. The normalized spacial score (nSPS) is 20.9. The Balaban J connectivity index is 2.24. The minimum atomic E-state index is 0.742. The third-order valence-corrected chi connectivity index (χ3v) is 2.77. The number of benzene rings is 1. The fourth-order valence-corrected chi connectivity index (χ4v) is 2.15. The van der Waals surface area contributed by atoms with Crippen molar-refractivity contribution in [2.75, 3.05) is 6.54 Å². The molecule has 0 saturated carbocycles. The molecule has 0 aromatic heterocycles. The van der Waals surface area contributed by atoms with Crippen molar-refractivity contribution in [2.24, 2.45) is 5.73 Å². The molecule has 12 heavy (non-hydrogen) atoms. The summed E-state index contributed by atoms with van der Waals surface area (Å²) < 4.78 is 0.